The van der Waals surface area contributed by atoms with E-state index in [2.05, 4.69) is 81.5 Å². The molecule has 1 aromatic rings. The van der Waals surface area contributed by atoms with Crippen molar-refractivity contribution in [3.8, 4) is 0 Å². The van der Waals surface area contributed by atoms with Crippen LogP contribution in [0.3, 0.4) is 0 Å². The molecule has 3 aliphatic rings. The van der Waals surface area contributed by atoms with Crippen LogP contribution in [0.5, 0.6) is 0 Å². The Morgan fingerprint density at radius 1 is 1.18 bits per heavy atom. The highest BCUT2D eigenvalue weighted by molar-refractivity contribution is 5.91. The number of amidine groups is 1. The third-order valence-electron chi connectivity index (χ3n) is 5.93. The quantitative estimate of drug-likeness (QED) is 0.426. The maximum atomic E-state index is 10.8. The molecule has 190 valence electrons. The summed E-state index contributed by atoms with van der Waals surface area (Å²) in [7, 11) is 0. The highest BCUT2D eigenvalue weighted by atomic mass is 19.1. The molecule has 0 amide bonds. The number of pyridine rings is 1. The van der Waals surface area contributed by atoms with E-state index in [4.69, 9.17) is 9.98 Å². The minimum atomic E-state index is -0.333. The summed E-state index contributed by atoms with van der Waals surface area (Å²) >= 11 is 0. The van der Waals surface area contributed by atoms with Crippen LogP contribution in [0.25, 0.3) is 0 Å². The number of fused-ring (bicyclic) bond motifs is 1. The molecular formula is C29H47FN4. The monoisotopic (exact) mass is 470 g/mol. The molecule has 3 aliphatic heterocycles. The highest BCUT2D eigenvalue weighted by Crippen LogP contribution is 2.30. The Morgan fingerprint density at radius 3 is 2.38 bits per heavy atom. The summed E-state index contributed by atoms with van der Waals surface area (Å²) in [4.78, 5) is 15.0. The Morgan fingerprint density at radius 2 is 1.79 bits per heavy atom. The van der Waals surface area contributed by atoms with Gasteiger partial charge in [0.05, 0.1) is 23.6 Å². The minimum Gasteiger partial charge on any atom is -0.358 e. The van der Waals surface area contributed by atoms with Crippen molar-refractivity contribution in [2.24, 2.45) is 4.99 Å². The molecule has 2 fully saturated rings. The molecule has 2 unspecified atom stereocenters. The van der Waals surface area contributed by atoms with Crippen LogP contribution >= 0.6 is 0 Å². The van der Waals surface area contributed by atoms with Crippen molar-refractivity contribution in [2.45, 2.75) is 85.1 Å². The standard InChI is InChI=1S/C21H30N4.C3H5F.C3H8.C2H4/c1-3-7-16(2)18-8-9-19-20(22-18)14-21(23-19)25-13-10-17(15-25)24-11-5-4-6-12-24;1-3(2)4;1-3-2;1-2/h3,7-9,16-17H,4-6,10-15H2,1-2H3;1H2,2H3;3H2,1-2H3;1-2H2/b7-3-;;;. The Hall–Kier alpha value is -2.27. The number of hydrogen-bond acceptors (Lipinski definition) is 4. The molecule has 0 saturated carbocycles. The topological polar surface area (TPSA) is 31.7 Å². The van der Waals surface area contributed by atoms with Gasteiger partial charge in [-0.3, -0.25) is 9.88 Å². The van der Waals surface area contributed by atoms with Crippen molar-refractivity contribution in [3.63, 3.8) is 0 Å². The summed E-state index contributed by atoms with van der Waals surface area (Å²) < 4.78 is 10.8. The van der Waals surface area contributed by atoms with Crippen LogP contribution in [0.1, 0.15) is 84.0 Å². The largest absolute Gasteiger partial charge is 0.358 e. The zero-order valence-electron chi connectivity index (χ0n) is 22.3. The average Bonchev–Trinajstić information content (AvgIpc) is 3.48. The van der Waals surface area contributed by atoms with E-state index in [9.17, 15) is 4.39 Å². The van der Waals surface area contributed by atoms with Gasteiger partial charge in [0.25, 0.3) is 0 Å². The zero-order chi connectivity index (χ0) is 25.5. The van der Waals surface area contributed by atoms with E-state index < -0.39 is 0 Å². The van der Waals surface area contributed by atoms with Gasteiger partial charge in [-0.25, -0.2) is 9.38 Å². The van der Waals surface area contributed by atoms with E-state index in [1.807, 2.05) is 0 Å². The van der Waals surface area contributed by atoms with E-state index in [0.717, 1.165) is 42.6 Å². The minimum absolute atomic E-state index is 0.333. The molecule has 0 N–H and O–H groups in total. The Labute approximate surface area is 208 Å². The number of piperidine rings is 1. The lowest BCUT2D eigenvalue weighted by atomic mass is 10.1. The van der Waals surface area contributed by atoms with Crippen LogP contribution in [0.15, 0.2) is 54.8 Å². The zero-order valence-corrected chi connectivity index (χ0v) is 22.3. The molecule has 0 spiro atoms. The Bertz CT molecular complexity index is 791. The fraction of sp³-hybridized carbons (Fsp3) is 0.586. The summed E-state index contributed by atoms with van der Waals surface area (Å²) in [5, 5.41) is 0. The maximum absolute atomic E-state index is 10.8. The molecule has 2 saturated heterocycles. The van der Waals surface area contributed by atoms with Crippen molar-refractivity contribution in [1.82, 2.24) is 14.8 Å². The molecule has 5 heteroatoms. The van der Waals surface area contributed by atoms with Gasteiger partial charge in [0.1, 0.15) is 5.84 Å². The van der Waals surface area contributed by atoms with Gasteiger partial charge in [0.2, 0.25) is 0 Å². The number of nitrogens with zero attached hydrogens (tertiary/aromatic N) is 4. The summed E-state index contributed by atoms with van der Waals surface area (Å²) in [5.41, 5.74) is 3.39. The molecule has 0 aromatic carbocycles. The van der Waals surface area contributed by atoms with Gasteiger partial charge in [-0.2, -0.15) is 0 Å². The van der Waals surface area contributed by atoms with Gasteiger partial charge in [-0.1, -0.05) is 52.3 Å². The number of hydrogen-bond donors (Lipinski definition) is 0. The number of likely N-dealkylation sites (tertiary alicyclic amines) is 2. The molecular weight excluding hydrogens is 423 g/mol. The molecule has 34 heavy (non-hydrogen) atoms. The van der Waals surface area contributed by atoms with Gasteiger partial charge < -0.3 is 4.90 Å². The number of halogens is 1. The lowest BCUT2D eigenvalue weighted by Gasteiger charge is -2.32. The lowest BCUT2D eigenvalue weighted by molar-refractivity contribution is 0.169. The number of aromatic nitrogens is 1. The SMILES string of the molecule is C/C=C\C(C)c1ccc2c(n1)CC(N1CCC(N3CCCCC3)C1)=N2.C=C.C=C(C)F.CCC. The van der Waals surface area contributed by atoms with Gasteiger partial charge in [-0.05, 0) is 58.3 Å². The third-order valence-corrected chi connectivity index (χ3v) is 5.93. The van der Waals surface area contributed by atoms with E-state index in [1.54, 1.807) is 0 Å². The summed E-state index contributed by atoms with van der Waals surface area (Å²) in [6, 6.07) is 5.02. The summed E-state index contributed by atoms with van der Waals surface area (Å²) in [6.07, 6.45) is 11.9. The average molecular weight is 471 g/mol. The molecule has 0 bridgehead atoms. The van der Waals surface area contributed by atoms with Gasteiger partial charge in [-0.15, -0.1) is 13.2 Å². The van der Waals surface area contributed by atoms with Crippen molar-refractivity contribution in [2.75, 3.05) is 26.2 Å². The van der Waals surface area contributed by atoms with Gasteiger partial charge in [0, 0.05) is 30.7 Å². The lowest BCUT2D eigenvalue weighted by Crippen LogP contribution is -2.41. The predicted molar refractivity (Wildman–Crippen MR) is 147 cm³/mol. The maximum Gasteiger partial charge on any atom is 0.111 e. The second-order valence-corrected chi connectivity index (χ2v) is 9.09. The number of rotatable bonds is 3. The molecule has 0 aliphatic carbocycles. The fourth-order valence-electron chi connectivity index (χ4n) is 4.45. The number of allylic oxidation sites excluding steroid dienone is 3. The van der Waals surface area contributed by atoms with Crippen LogP contribution in [0, 0.1) is 0 Å². The van der Waals surface area contributed by atoms with Crippen molar-refractivity contribution in [1.29, 1.82) is 0 Å². The van der Waals surface area contributed by atoms with Crippen molar-refractivity contribution in [3.05, 3.63) is 61.2 Å². The van der Waals surface area contributed by atoms with Crippen LogP contribution in [0.2, 0.25) is 0 Å². The van der Waals surface area contributed by atoms with Crippen LogP contribution in [0.4, 0.5) is 10.1 Å². The molecule has 4 heterocycles. The second kappa shape index (κ2) is 16.4. The van der Waals surface area contributed by atoms with Gasteiger partial charge >= 0.3 is 0 Å². The first kappa shape index (κ1) is 29.8. The van der Waals surface area contributed by atoms with E-state index in [1.165, 1.54) is 58.0 Å². The summed E-state index contributed by atoms with van der Waals surface area (Å²) in [6.45, 7) is 23.6. The van der Waals surface area contributed by atoms with Gasteiger partial charge in [0.15, 0.2) is 0 Å². The third kappa shape index (κ3) is 9.54. The fourth-order valence-corrected chi connectivity index (χ4v) is 4.45. The second-order valence-electron chi connectivity index (χ2n) is 9.09. The normalized spacial score (nSPS) is 20.1. The van der Waals surface area contributed by atoms with Crippen LogP contribution in [-0.4, -0.2) is 52.8 Å². The predicted octanol–water partition coefficient (Wildman–Crippen LogP) is 7.62. The number of aliphatic imine (C=N–C) groups is 1. The summed E-state index contributed by atoms with van der Waals surface area (Å²) in [5.74, 6) is 1.27. The van der Waals surface area contributed by atoms with Crippen LogP contribution < -0.4 is 0 Å². The van der Waals surface area contributed by atoms with E-state index in [0.29, 0.717) is 5.92 Å². The Kier molecular flexibility index (Phi) is 14.3. The molecule has 0 radical (unpaired) electrons. The molecule has 2 atom stereocenters. The highest BCUT2D eigenvalue weighted by Gasteiger charge is 2.32. The van der Waals surface area contributed by atoms with Crippen LogP contribution in [-0.2, 0) is 6.42 Å². The van der Waals surface area contributed by atoms with Crippen molar-refractivity contribution < 1.29 is 4.39 Å². The first-order valence-electron chi connectivity index (χ1n) is 12.9. The van der Waals surface area contributed by atoms with Crippen molar-refractivity contribution >= 4 is 11.5 Å². The first-order valence-corrected chi connectivity index (χ1v) is 12.9. The molecule has 4 nitrogen and oxygen atoms in total. The smallest absolute Gasteiger partial charge is 0.111 e. The van der Waals surface area contributed by atoms with E-state index in [-0.39, 0.29) is 5.83 Å². The first-order chi connectivity index (χ1) is 16.4. The molecule has 1 aromatic heterocycles. The molecule has 4 rings (SSSR count). The van der Waals surface area contributed by atoms with E-state index >= 15 is 0 Å². The Balaban J connectivity index is 0.000000562.